The van der Waals surface area contributed by atoms with Crippen LogP contribution in [-0.4, -0.2) is 21.7 Å². The molecule has 6 heteroatoms. The second kappa shape index (κ2) is 7.04. The van der Waals surface area contributed by atoms with Crippen LogP contribution >= 0.6 is 11.6 Å². The van der Waals surface area contributed by atoms with Crippen LogP contribution in [0, 0.1) is 5.92 Å². The van der Waals surface area contributed by atoms with Gasteiger partial charge in [0.05, 0.1) is 18.2 Å². The van der Waals surface area contributed by atoms with Crippen molar-refractivity contribution in [3.63, 3.8) is 0 Å². The highest BCUT2D eigenvalue weighted by molar-refractivity contribution is 6.30. The molecule has 2 aromatic rings. The molecule has 0 unspecified atom stereocenters. The van der Waals surface area contributed by atoms with Crippen molar-refractivity contribution in [2.24, 2.45) is 11.7 Å². The lowest BCUT2D eigenvalue weighted by molar-refractivity contribution is 0.0687. The van der Waals surface area contributed by atoms with Crippen LogP contribution in [-0.2, 0) is 11.3 Å². The molecular weight excluding hydrogens is 314 g/mol. The number of rotatable bonds is 4. The van der Waals surface area contributed by atoms with Crippen molar-refractivity contribution in [1.82, 2.24) is 9.55 Å². The van der Waals surface area contributed by atoms with E-state index < -0.39 is 6.09 Å². The van der Waals surface area contributed by atoms with E-state index in [2.05, 4.69) is 9.55 Å². The highest BCUT2D eigenvalue weighted by Crippen LogP contribution is 2.29. The number of ether oxygens (including phenoxy) is 1. The molecule has 1 aliphatic rings. The van der Waals surface area contributed by atoms with Crippen molar-refractivity contribution < 1.29 is 9.53 Å². The van der Waals surface area contributed by atoms with Crippen LogP contribution in [0.3, 0.4) is 0 Å². The van der Waals surface area contributed by atoms with E-state index in [1.165, 1.54) is 0 Å². The number of nitrogens with two attached hydrogens (primary N) is 1. The molecular formula is C17H20ClN3O2. The number of nitrogens with zero attached hydrogens (tertiary/aromatic N) is 2. The zero-order valence-corrected chi connectivity index (χ0v) is 13.6. The van der Waals surface area contributed by atoms with Crippen LogP contribution < -0.4 is 5.73 Å². The van der Waals surface area contributed by atoms with Crippen molar-refractivity contribution >= 4 is 17.7 Å². The second-order valence-electron chi connectivity index (χ2n) is 6.02. The molecule has 1 aromatic carbocycles. The molecule has 1 aliphatic carbocycles. The maximum absolute atomic E-state index is 10.8. The molecule has 1 fully saturated rings. The van der Waals surface area contributed by atoms with Crippen LogP contribution in [0.5, 0.6) is 0 Å². The first kappa shape index (κ1) is 15.9. The predicted molar refractivity (Wildman–Crippen MR) is 89.1 cm³/mol. The van der Waals surface area contributed by atoms with Gasteiger partial charge in [-0.25, -0.2) is 9.78 Å². The van der Waals surface area contributed by atoms with Gasteiger partial charge in [0.15, 0.2) is 0 Å². The van der Waals surface area contributed by atoms with Gasteiger partial charge in [0.1, 0.15) is 6.10 Å². The third-order valence-corrected chi connectivity index (χ3v) is 4.60. The molecule has 23 heavy (non-hydrogen) atoms. The van der Waals surface area contributed by atoms with Gasteiger partial charge in [0.2, 0.25) is 0 Å². The Bertz CT molecular complexity index is 678. The lowest BCUT2D eigenvalue weighted by Crippen LogP contribution is -2.28. The van der Waals surface area contributed by atoms with Crippen molar-refractivity contribution in [2.45, 2.75) is 38.3 Å². The SMILES string of the molecule is NC(=O)O[C@H]1CC[C@@H](Cn2cncc2-c2cccc(Cl)c2)CC1. The van der Waals surface area contributed by atoms with Crippen molar-refractivity contribution in [2.75, 3.05) is 0 Å². The van der Waals surface area contributed by atoms with E-state index in [1.807, 2.05) is 36.8 Å². The fourth-order valence-corrected chi connectivity index (χ4v) is 3.42. The molecule has 1 aromatic heterocycles. The summed E-state index contributed by atoms with van der Waals surface area (Å²) < 4.78 is 7.26. The van der Waals surface area contributed by atoms with E-state index >= 15 is 0 Å². The summed E-state index contributed by atoms with van der Waals surface area (Å²) in [7, 11) is 0. The molecule has 5 nitrogen and oxygen atoms in total. The van der Waals surface area contributed by atoms with Gasteiger partial charge < -0.3 is 15.0 Å². The minimum atomic E-state index is -0.675. The van der Waals surface area contributed by atoms with Crippen LogP contribution in [0.4, 0.5) is 4.79 Å². The molecule has 0 saturated heterocycles. The van der Waals surface area contributed by atoms with Gasteiger partial charge >= 0.3 is 6.09 Å². The Balaban J connectivity index is 1.64. The number of imidazole rings is 1. The summed E-state index contributed by atoms with van der Waals surface area (Å²) in [6.07, 6.45) is 6.81. The monoisotopic (exact) mass is 333 g/mol. The topological polar surface area (TPSA) is 70.1 Å². The third kappa shape index (κ3) is 4.05. The standard InChI is InChI=1S/C17H20ClN3O2/c18-14-3-1-2-13(8-14)16-9-20-11-21(16)10-12-4-6-15(7-5-12)23-17(19)22/h1-3,8-9,11-12,15H,4-7,10H2,(H2,19,22)/t12-,15+. The highest BCUT2D eigenvalue weighted by Gasteiger charge is 2.24. The number of benzene rings is 1. The lowest BCUT2D eigenvalue weighted by Gasteiger charge is -2.28. The smallest absolute Gasteiger partial charge is 0.404 e. The van der Waals surface area contributed by atoms with E-state index in [4.69, 9.17) is 22.1 Å². The molecule has 122 valence electrons. The summed E-state index contributed by atoms with van der Waals surface area (Å²) in [5.74, 6) is 0.551. The number of aromatic nitrogens is 2. The van der Waals surface area contributed by atoms with E-state index in [0.29, 0.717) is 5.92 Å². The maximum atomic E-state index is 10.8. The number of carbonyl (C=O) groups excluding carboxylic acids is 1. The number of hydrogen-bond donors (Lipinski definition) is 1. The molecule has 2 N–H and O–H groups in total. The first-order valence-electron chi connectivity index (χ1n) is 7.84. The first-order valence-corrected chi connectivity index (χ1v) is 8.22. The summed E-state index contributed by atoms with van der Waals surface area (Å²) in [6, 6.07) is 7.80. The summed E-state index contributed by atoms with van der Waals surface area (Å²) in [5, 5.41) is 0.722. The van der Waals surface area contributed by atoms with Gasteiger partial charge in [0, 0.05) is 17.1 Å². The maximum Gasteiger partial charge on any atom is 0.404 e. The Morgan fingerprint density at radius 1 is 1.35 bits per heavy atom. The largest absolute Gasteiger partial charge is 0.446 e. The molecule has 0 atom stereocenters. The van der Waals surface area contributed by atoms with Gasteiger partial charge in [-0.3, -0.25) is 0 Å². The number of hydrogen-bond acceptors (Lipinski definition) is 3. The Labute approximate surface area is 140 Å². The Hall–Kier alpha value is -2.01. The zero-order chi connectivity index (χ0) is 16.2. The summed E-state index contributed by atoms with van der Waals surface area (Å²) in [5.41, 5.74) is 7.22. The molecule has 1 heterocycles. The average molecular weight is 334 g/mol. The van der Waals surface area contributed by atoms with Crippen molar-refractivity contribution in [3.8, 4) is 11.3 Å². The molecule has 0 spiro atoms. The fourth-order valence-electron chi connectivity index (χ4n) is 3.23. The lowest BCUT2D eigenvalue weighted by atomic mass is 9.87. The molecule has 0 aliphatic heterocycles. The summed E-state index contributed by atoms with van der Waals surface area (Å²) >= 11 is 6.08. The van der Waals surface area contributed by atoms with Crippen molar-refractivity contribution in [1.29, 1.82) is 0 Å². The van der Waals surface area contributed by atoms with E-state index in [1.54, 1.807) is 0 Å². The molecule has 0 radical (unpaired) electrons. The minimum absolute atomic E-state index is 0.0288. The van der Waals surface area contributed by atoms with Gasteiger partial charge in [-0.2, -0.15) is 0 Å². The van der Waals surface area contributed by atoms with Gasteiger partial charge in [0.25, 0.3) is 0 Å². The van der Waals surface area contributed by atoms with Crippen LogP contribution in [0.2, 0.25) is 5.02 Å². The van der Waals surface area contributed by atoms with Crippen LogP contribution in [0.25, 0.3) is 11.3 Å². The molecule has 1 amide bonds. The number of primary amides is 1. The van der Waals surface area contributed by atoms with Gasteiger partial charge in [-0.15, -0.1) is 0 Å². The predicted octanol–water partition coefficient (Wildman–Crippen LogP) is 3.86. The third-order valence-electron chi connectivity index (χ3n) is 4.36. The summed E-state index contributed by atoms with van der Waals surface area (Å²) in [4.78, 5) is 15.1. The Morgan fingerprint density at radius 3 is 2.83 bits per heavy atom. The Morgan fingerprint density at radius 2 is 2.13 bits per heavy atom. The average Bonchev–Trinajstić information content (AvgIpc) is 2.97. The minimum Gasteiger partial charge on any atom is -0.446 e. The molecule has 0 bridgehead atoms. The second-order valence-corrected chi connectivity index (χ2v) is 6.46. The van der Waals surface area contributed by atoms with Crippen molar-refractivity contribution in [3.05, 3.63) is 41.8 Å². The number of amides is 1. The van der Waals surface area contributed by atoms with E-state index in [-0.39, 0.29) is 6.10 Å². The molecule has 3 rings (SSSR count). The van der Waals surface area contributed by atoms with Crippen LogP contribution in [0.1, 0.15) is 25.7 Å². The number of carbonyl (C=O) groups is 1. The molecule has 1 saturated carbocycles. The Kier molecular flexibility index (Phi) is 4.86. The van der Waals surface area contributed by atoms with Gasteiger partial charge in [-0.1, -0.05) is 23.7 Å². The van der Waals surface area contributed by atoms with Crippen LogP contribution in [0.15, 0.2) is 36.8 Å². The van der Waals surface area contributed by atoms with E-state index in [9.17, 15) is 4.79 Å². The highest BCUT2D eigenvalue weighted by atomic mass is 35.5. The summed E-state index contributed by atoms with van der Waals surface area (Å²) in [6.45, 7) is 0.908. The zero-order valence-electron chi connectivity index (χ0n) is 12.8. The first-order chi connectivity index (χ1) is 11.1. The van der Waals surface area contributed by atoms with Gasteiger partial charge in [-0.05, 0) is 43.7 Å². The van der Waals surface area contributed by atoms with E-state index in [0.717, 1.165) is 48.5 Å². The number of halogens is 1. The fraction of sp³-hybridized carbons (Fsp3) is 0.412. The quantitative estimate of drug-likeness (QED) is 0.923. The normalized spacial score (nSPS) is 21.1.